The molecule has 0 saturated heterocycles. The van der Waals surface area contributed by atoms with E-state index >= 15 is 0 Å². The summed E-state index contributed by atoms with van der Waals surface area (Å²) in [4.78, 5) is 0. The fraction of sp³-hybridized carbons (Fsp3) is 0.750. The van der Waals surface area contributed by atoms with Crippen LogP contribution in [0.1, 0.15) is 27.2 Å². The van der Waals surface area contributed by atoms with Gasteiger partial charge in [0.15, 0.2) is 0 Å². The predicted octanol–water partition coefficient (Wildman–Crippen LogP) is 2.61. The van der Waals surface area contributed by atoms with E-state index in [4.69, 9.17) is 0 Å². The van der Waals surface area contributed by atoms with Crippen molar-refractivity contribution in [2.24, 2.45) is 11.3 Å². The average Bonchev–Trinajstić information content (AvgIpc) is 2.13. The van der Waals surface area contributed by atoms with E-state index in [1.807, 2.05) is 0 Å². The molecule has 0 amide bonds. The van der Waals surface area contributed by atoms with E-state index in [0.29, 0.717) is 5.41 Å². The van der Waals surface area contributed by atoms with Crippen LogP contribution in [0.5, 0.6) is 0 Å². The molecule has 0 spiro atoms. The summed E-state index contributed by atoms with van der Waals surface area (Å²) in [6.45, 7) is 10.6. The summed E-state index contributed by atoms with van der Waals surface area (Å²) < 4.78 is 0. The summed E-state index contributed by atoms with van der Waals surface area (Å²) in [6.07, 6.45) is 1.35. The van der Waals surface area contributed by atoms with Gasteiger partial charge >= 0.3 is 0 Å². The Morgan fingerprint density at radius 1 is 1.62 bits per heavy atom. The standard InChI is InChI=1S/C8H14/c1-6(2)7-5-8(7,3)4/h7H,1,5H2,2-4H3. The molecule has 0 aromatic carbocycles. The lowest BCUT2D eigenvalue weighted by atomic mass is 10.1. The minimum absolute atomic E-state index is 0.589. The van der Waals surface area contributed by atoms with Crippen molar-refractivity contribution in [2.45, 2.75) is 27.2 Å². The van der Waals surface area contributed by atoms with E-state index < -0.39 is 0 Å². The van der Waals surface area contributed by atoms with Gasteiger partial charge in [0, 0.05) is 0 Å². The SMILES string of the molecule is C=C(C)C1CC1(C)C. The lowest BCUT2D eigenvalue weighted by Gasteiger charge is -1.99. The lowest BCUT2D eigenvalue weighted by molar-refractivity contribution is 0.598. The molecule has 0 heteroatoms. The average molecular weight is 110 g/mol. The van der Waals surface area contributed by atoms with Crippen LogP contribution in [0.4, 0.5) is 0 Å². The van der Waals surface area contributed by atoms with Crippen molar-refractivity contribution in [3.63, 3.8) is 0 Å². The topological polar surface area (TPSA) is 0 Å². The van der Waals surface area contributed by atoms with Crippen molar-refractivity contribution >= 4 is 0 Å². The van der Waals surface area contributed by atoms with Crippen LogP contribution in [-0.2, 0) is 0 Å². The van der Waals surface area contributed by atoms with Gasteiger partial charge in [-0.1, -0.05) is 26.0 Å². The third-order valence-electron chi connectivity index (χ3n) is 2.11. The molecule has 0 bridgehead atoms. The van der Waals surface area contributed by atoms with Crippen molar-refractivity contribution in [2.75, 3.05) is 0 Å². The first kappa shape index (κ1) is 5.87. The second kappa shape index (κ2) is 1.37. The number of hydrogen-bond donors (Lipinski definition) is 0. The van der Waals surface area contributed by atoms with Crippen molar-refractivity contribution in [1.82, 2.24) is 0 Å². The Morgan fingerprint density at radius 3 is 2.00 bits per heavy atom. The summed E-state index contributed by atoms with van der Waals surface area (Å²) in [5, 5.41) is 0. The maximum Gasteiger partial charge on any atom is -0.0152 e. The molecule has 1 unspecified atom stereocenters. The first-order valence-electron chi connectivity index (χ1n) is 3.19. The van der Waals surface area contributed by atoms with E-state index in [9.17, 15) is 0 Å². The van der Waals surface area contributed by atoms with E-state index in [-0.39, 0.29) is 0 Å². The molecular formula is C8H14. The largest absolute Gasteiger partial charge is 0.0998 e. The molecule has 1 atom stereocenters. The van der Waals surface area contributed by atoms with E-state index in [0.717, 1.165) is 5.92 Å². The zero-order chi connectivity index (χ0) is 6.36. The highest BCUT2D eigenvalue weighted by Gasteiger charge is 2.45. The van der Waals surface area contributed by atoms with Crippen LogP contribution in [0.2, 0.25) is 0 Å². The molecule has 0 aromatic heterocycles. The summed E-state index contributed by atoms with van der Waals surface area (Å²) in [6, 6.07) is 0. The van der Waals surface area contributed by atoms with Gasteiger partial charge in [-0.3, -0.25) is 0 Å². The maximum atomic E-state index is 3.91. The van der Waals surface area contributed by atoms with Crippen molar-refractivity contribution in [3.8, 4) is 0 Å². The summed E-state index contributed by atoms with van der Waals surface area (Å²) in [5.74, 6) is 0.822. The number of hydrogen-bond acceptors (Lipinski definition) is 0. The molecule has 1 rings (SSSR count). The minimum atomic E-state index is 0.589. The van der Waals surface area contributed by atoms with Crippen LogP contribution < -0.4 is 0 Å². The molecule has 0 aliphatic heterocycles. The van der Waals surface area contributed by atoms with Gasteiger partial charge in [-0.05, 0) is 24.7 Å². The van der Waals surface area contributed by atoms with Crippen LogP contribution >= 0.6 is 0 Å². The van der Waals surface area contributed by atoms with Crippen LogP contribution in [0.15, 0.2) is 12.2 Å². The highest BCUT2D eigenvalue weighted by Crippen LogP contribution is 2.54. The molecule has 1 aliphatic rings. The summed E-state index contributed by atoms with van der Waals surface area (Å²) in [5.41, 5.74) is 1.95. The fourth-order valence-corrected chi connectivity index (χ4v) is 1.31. The van der Waals surface area contributed by atoms with Crippen molar-refractivity contribution in [1.29, 1.82) is 0 Å². The van der Waals surface area contributed by atoms with Crippen LogP contribution in [0, 0.1) is 11.3 Å². The minimum Gasteiger partial charge on any atom is -0.0998 e. The molecule has 0 radical (unpaired) electrons. The molecule has 8 heavy (non-hydrogen) atoms. The Labute approximate surface area is 51.6 Å². The van der Waals surface area contributed by atoms with Gasteiger partial charge in [0.05, 0.1) is 0 Å². The fourth-order valence-electron chi connectivity index (χ4n) is 1.31. The van der Waals surface area contributed by atoms with Gasteiger partial charge in [-0.25, -0.2) is 0 Å². The van der Waals surface area contributed by atoms with E-state index in [2.05, 4.69) is 27.4 Å². The van der Waals surface area contributed by atoms with Crippen LogP contribution in [0.3, 0.4) is 0 Å². The molecular weight excluding hydrogens is 96.1 g/mol. The molecule has 0 nitrogen and oxygen atoms in total. The molecule has 46 valence electrons. The zero-order valence-corrected chi connectivity index (χ0v) is 5.99. The maximum absolute atomic E-state index is 3.91. The second-order valence-corrected chi connectivity index (χ2v) is 3.59. The van der Waals surface area contributed by atoms with Gasteiger partial charge < -0.3 is 0 Å². The highest BCUT2D eigenvalue weighted by atomic mass is 14.5. The smallest absolute Gasteiger partial charge is 0.0152 e. The quantitative estimate of drug-likeness (QED) is 0.455. The van der Waals surface area contributed by atoms with Crippen LogP contribution in [-0.4, -0.2) is 0 Å². The number of allylic oxidation sites excluding steroid dienone is 1. The Morgan fingerprint density at radius 2 is 2.00 bits per heavy atom. The van der Waals surface area contributed by atoms with E-state index in [1.165, 1.54) is 12.0 Å². The Bertz CT molecular complexity index is 120. The predicted molar refractivity (Wildman–Crippen MR) is 36.7 cm³/mol. The lowest BCUT2D eigenvalue weighted by Crippen LogP contribution is -1.89. The molecule has 0 N–H and O–H groups in total. The first-order chi connectivity index (χ1) is 3.54. The second-order valence-electron chi connectivity index (χ2n) is 3.59. The monoisotopic (exact) mass is 110 g/mol. The summed E-state index contributed by atoms with van der Waals surface area (Å²) >= 11 is 0. The third kappa shape index (κ3) is 0.795. The van der Waals surface area contributed by atoms with Gasteiger partial charge in [-0.15, -0.1) is 0 Å². The third-order valence-corrected chi connectivity index (χ3v) is 2.11. The zero-order valence-electron chi connectivity index (χ0n) is 5.99. The van der Waals surface area contributed by atoms with Gasteiger partial charge in [0.2, 0.25) is 0 Å². The highest BCUT2D eigenvalue weighted by molar-refractivity contribution is 5.13. The Kier molecular flexibility index (Phi) is 1.00. The van der Waals surface area contributed by atoms with E-state index in [1.54, 1.807) is 0 Å². The summed E-state index contributed by atoms with van der Waals surface area (Å²) in [7, 11) is 0. The Hall–Kier alpha value is -0.260. The van der Waals surface area contributed by atoms with Gasteiger partial charge in [0.1, 0.15) is 0 Å². The molecule has 0 aromatic rings. The van der Waals surface area contributed by atoms with Crippen molar-refractivity contribution in [3.05, 3.63) is 12.2 Å². The number of rotatable bonds is 1. The molecule has 1 aliphatic carbocycles. The normalized spacial score (nSPS) is 32.1. The van der Waals surface area contributed by atoms with Gasteiger partial charge in [-0.2, -0.15) is 0 Å². The molecule has 1 fully saturated rings. The van der Waals surface area contributed by atoms with Crippen LogP contribution in [0.25, 0.3) is 0 Å². The Balaban J connectivity index is 2.48. The molecule has 1 saturated carbocycles. The van der Waals surface area contributed by atoms with Crippen molar-refractivity contribution < 1.29 is 0 Å². The molecule has 0 heterocycles. The van der Waals surface area contributed by atoms with Gasteiger partial charge in [0.25, 0.3) is 0 Å². The first-order valence-corrected chi connectivity index (χ1v) is 3.19.